The summed E-state index contributed by atoms with van der Waals surface area (Å²) in [5.74, 6) is 3.40. The minimum Gasteiger partial charge on any atom is -0.365 e. The van der Waals surface area contributed by atoms with Crippen LogP contribution in [0.2, 0.25) is 0 Å². The number of amides is 1. The highest BCUT2D eigenvalue weighted by molar-refractivity contribution is 5.87. The summed E-state index contributed by atoms with van der Waals surface area (Å²) < 4.78 is 7.09. The number of hydrogen-bond donors (Lipinski definition) is 2. The highest BCUT2D eigenvalue weighted by Gasteiger charge is 2.33. The van der Waals surface area contributed by atoms with Crippen molar-refractivity contribution in [2.45, 2.75) is 91.3 Å². The molecule has 0 bridgehead atoms. The summed E-state index contributed by atoms with van der Waals surface area (Å²) in [4.78, 5) is 45.5. The van der Waals surface area contributed by atoms with Gasteiger partial charge >= 0.3 is 5.76 Å². The van der Waals surface area contributed by atoms with Gasteiger partial charge in [-0.25, -0.2) is 14.8 Å². The van der Waals surface area contributed by atoms with Crippen LogP contribution in [0, 0.1) is 17.8 Å². The number of rotatable bonds is 7. The lowest BCUT2D eigenvalue weighted by Crippen LogP contribution is -2.54. The van der Waals surface area contributed by atoms with Gasteiger partial charge in [-0.1, -0.05) is 31.3 Å². The number of aromatic nitrogens is 6. The van der Waals surface area contributed by atoms with E-state index in [9.17, 15) is 9.59 Å². The molecular weight excluding hydrogens is 510 g/mol. The number of hydrogen-bond acceptors (Lipinski definition) is 9. The lowest BCUT2D eigenvalue weighted by atomic mass is 9.80. The van der Waals surface area contributed by atoms with E-state index >= 15 is 0 Å². The molecule has 0 radical (unpaired) electrons. The quantitative estimate of drug-likeness (QED) is 0.450. The number of anilines is 2. The number of piperazine rings is 1. The van der Waals surface area contributed by atoms with Gasteiger partial charge in [-0.15, -0.1) is 0 Å². The van der Waals surface area contributed by atoms with Crippen LogP contribution >= 0.6 is 0 Å². The highest BCUT2D eigenvalue weighted by Crippen LogP contribution is 2.37. The number of nitrogens with one attached hydrogen (secondary N) is 2. The minimum absolute atomic E-state index is 0.101. The number of nitrogens with zero attached hydrogens (tertiary/aromatic N) is 7. The van der Waals surface area contributed by atoms with E-state index in [1.54, 1.807) is 6.92 Å². The Morgan fingerprint density at radius 2 is 1.88 bits per heavy atom. The third-order valence-electron chi connectivity index (χ3n) is 9.36. The molecule has 3 aromatic rings. The monoisotopic (exact) mass is 551 g/mol. The lowest BCUT2D eigenvalue weighted by molar-refractivity contribution is -0.129. The van der Waals surface area contributed by atoms with Crippen LogP contribution in [0.15, 0.2) is 9.32 Å². The molecular formula is C28H41N9O3. The molecule has 2 saturated carbocycles. The molecule has 1 amide bonds. The molecule has 3 fully saturated rings. The first-order valence-corrected chi connectivity index (χ1v) is 14.9. The Morgan fingerprint density at radius 1 is 1.10 bits per heavy atom. The molecule has 0 spiro atoms. The zero-order chi connectivity index (χ0) is 28.0. The van der Waals surface area contributed by atoms with Gasteiger partial charge in [0.1, 0.15) is 5.52 Å². The standard InChI is InChI=1S/C28H41N9O3/c1-16-8-10-20(11-9-16)15-37-22-23(29-18(3)21-6-5-7-21)30-25(26-33-28(39)40-34-26)31-24(22)32-27(37)36-13-12-35(19(4)38)14-17(36)2/h16-18,20-21H,5-15H2,1-4H3,(H,29,30,31)(H,33,34,39). The molecule has 216 valence electrons. The van der Waals surface area contributed by atoms with E-state index in [1.807, 2.05) is 4.90 Å². The van der Waals surface area contributed by atoms with Crippen LogP contribution in [-0.4, -0.2) is 72.2 Å². The fourth-order valence-corrected chi connectivity index (χ4v) is 6.53. The van der Waals surface area contributed by atoms with Crippen molar-refractivity contribution in [1.29, 1.82) is 0 Å². The first-order valence-electron chi connectivity index (χ1n) is 14.9. The Kier molecular flexibility index (Phi) is 7.26. The van der Waals surface area contributed by atoms with Crippen molar-refractivity contribution in [2.75, 3.05) is 29.9 Å². The van der Waals surface area contributed by atoms with Crippen LogP contribution in [-0.2, 0) is 11.3 Å². The van der Waals surface area contributed by atoms with E-state index < -0.39 is 5.76 Å². The Labute approximate surface area is 233 Å². The molecule has 1 aliphatic heterocycles. The molecule has 3 aromatic heterocycles. The fourth-order valence-electron chi connectivity index (χ4n) is 6.53. The summed E-state index contributed by atoms with van der Waals surface area (Å²) in [7, 11) is 0. The van der Waals surface area contributed by atoms with Gasteiger partial charge in [-0.2, -0.15) is 4.98 Å². The molecule has 2 atom stereocenters. The Hall–Kier alpha value is -3.44. The van der Waals surface area contributed by atoms with E-state index in [4.69, 9.17) is 19.5 Å². The number of aromatic amines is 1. The summed E-state index contributed by atoms with van der Waals surface area (Å²) >= 11 is 0. The van der Waals surface area contributed by atoms with E-state index in [-0.39, 0.29) is 29.6 Å². The summed E-state index contributed by atoms with van der Waals surface area (Å²) in [6, 6.07) is 0.334. The Morgan fingerprint density at radius 3 is 2.50 bits per heavy atom. The average Bonchev–Trinajstić information content (AvgIpc) is 3.48. The van der Waals surface area contributed by atoms with Crippen molar-refractivity contribution in [3.8, 4) is 11.6 Å². The van der Waals surface area contributed by atoms with Crippen molar-refractivity contribution in [2.24, 2.45) is 17.8 Å². The van der Waals surface area contributed by atoms with Gasteiger partial charge < -0.3 is 19.7 Å². The second-order valence-electron chi connectivity index (χ2n) is 12.3. The normalized spacial score (nSPS) is 24.8. The number of carbonyl (C=O) groups excluding carboxylic acids is 1. The maximum Gasteiger partial charge on any atom is 0.439 e. The molecule has 1 saturated heterocycles. The second-order valence-corrected chi connectivity index (χ2v) is 12.3. The third kappa shape index (κ3) is 5.19. The van der Waals surface area contributed by atoms with E-state index in [0.717, 1.165) is 23.9 Å². The second kappa shape index (κ2) is 10.9. The van der Waals surface area contributed by atoms with Crippen LogP contribution in [0.1, 0.15) is 72.6 Å². The van der Waals surface area contributed by atoms with Crippen LogP contribution in [0.25, 0.3) is 22.8 Å². The maximum atomic E-state index is 12.1. The molecule has 12 nitrogen and oxygen atoms in total. The largest absolute Gasteiger partial charge is 0.439 e. The molecule has 0 aromatic carbocycles. The van der Waals surface area contributed by atoms with Crippen LogP contribution < -0.4 is 16.0 Å². The van der Waals surface area contributed by atoms with Crippen molar-refractivity contribution in [3.05, 3.63) is 10.6 Å². The van der Waals surface area contributed by atoms with Crippen molar-refractivity contribution in [1.82, 2.24) is 34.6 Å². The van der Waals surface area contributed by atoms with Gasteiger partial charge in [-0.05, 0) is 57.3 Å². The van der Waals surface area contributed by atoms with Gasteiger partial charge in [0.05, 0.1) is 0 Å². The molecule has 40 heavy (non-hydrogen) atoms. The van der Waals surface area contributed by atoms with E-state index in [2.05, 4.69) is 45.7 Å². The molecule has 3 aliphatic rings. The number of H-pyrrole nitrogens is 1. The predicted molar refractivity (Wildman–Crippen MR) is 152 cm³/mol. The van der Waals surface area contributed by atoms with Gasteiger partial charge in [-0.3, -0.25) is 14.3 Å². The number of fused-ring (bicyclic) bond motifs is 1. The van der Waals surface area contributed by atoms with Crippen molar-refractivity contribution >= 4 is 28.8 Å². The molecule has 4 heterocycles. The average molecular weight is 552 g/mol. The lowest BCUT2D eigenvalue weighted by Gasteiger charge is -2.40. The maximum absolute atomic E-state index is 12.1. The summed E-state index contributed by atoms with van der Waals surface area (Å²) in [6.45, 7) is 11.2. The zero-order valence-corrected chi connectivity index (χ0v) is 24.0. The number of carbonyl (C=O) groups is 1. The molecule has 2 unspecified atom stereocenters. The van der Waals surface area contributed by atoms with Gasteiger partial charge in [0.25, 0.3) is 0 Å². The SMILES string of the molecule is CC(=O)N1CCN(c2nc3nc(-c4noc(=O)[nH]4)nc(NC(C)C4CCC4)c3n2CC2CCC(C)CC2)C(C)C1. The fraction of sp³-hybridized carbons (Fsp3) is 0.714. The summed E-state index contributed by atoms with van der Waals surface area (Å²) in [6.07, 6.45) is 8.52. The van der Waals surface area contributed by atoms with Crippen molar-refractivity contribution in [3.63, 3.8) is 0 Å². The predicted octanol–water partition coefficient (Wildman–Crippen LogP) is 3.65. The van der Waals surface area contributed by atoms with Crippen LogP contribution in [0.5, 0.6) is 0 Å². The molecule has 12 heteroatoms. The third-order valence-corrected chi connectivity index (χ3v) is 9.36. The van der Waals surface area contributed by atoms with Crippen LogP contribution in [0.4, 0.5) is 11.8 Å². The molecule has 2 aliphatic carbocycles. The smallest absolute Gasteiger partial charge is 0.365 e. The Bertz CT molecular complexity index is 1420. The van der Waals surface area contributed by atoms with Gasteiger partial charge in [0, 0.05) is 45.2 Å². The van der Waals surface area contributed by atoms with Crippen LogP contribution in [0.3, 0.4) is 0 Å². The summed E-state index contributed by atoms with van der Waals surface area (Å²) in [5.41, 5.74) is 1.45. The van der Waals surface area contributed by atoms with Gasteiger partial charge in [0.15, 0.2) is 11.5 Å². The molecule has 6 rings (SSSR count). The van der Waals surface area contributed by atoms with E-state index in [1.165, 1.54) is 44.9 Å². The first kappa shape index (κ1) is 26.8. The zero-order valence-electron chi connectivity index (χ0n) is 24.0. The van der Waals surface area contributed by atoms with Crippen molar-refractivity contribution < 1.29 is 9.32 Å². The highest BCUT2D eigenvalue weighted by atomic mass is 16.5. The summed E-state index contributed by atoms with van der Waals surface area (Å²) in [5, 5.41) is 7.56. The Balaban J connectivity index is 1.46. The van der Waals surface area contributed by atoms with E-state index in [0.29, 0.717) is 42.9 Å². The number of imidazole rings is 1. The minimum atomic E-state index is -0.647. The van der Waals surface area contributed by atoms with Gasteiger partial charge in [0.2, 0.25) is 23.5 Å². The molecule has 2 N–H and O–H groups in total. The topological polar surface area (TPSA) is 138 Å². The first-order chi connectivity index (χ1) is 19.3.